The van der Waals surface area contributed by atoms with Crippen LogP contribution in [0.3, 0.4) is 0 Å². The summed E-state index contributed by atoms with van der Waals surface area (Å²) < 4.78 is 18.7. The molecule has 0 radical (unpaired) electrons. The summed E-state index contributed by atoms with van der Waals surface area (Å²) in [5, 5.41) is 10.1. The third-order valence-electron chi connectivity index (χ3n) is 3.18. The Bertz CT molecular complexity index is 847. The fourth-order valence-electron chi connectivity index (χ4n) is 2.14. The van der Waals surface area contributed by atoms with E-state index in [-0.39, 0.29) is 18.1 Å². The van der Waals surface area contributed by atoms with Gasteiger partial charge in [-0.15, -0.1) is 0 Å². The summed E-state index contributed by atoms with van der Waals surface area (Å²) in [6, 6.07) is 13.2. The van der Waals surface area contributed by atoms with Crippen molar-refractivity contribution in [3.05, 3.63) is 65.6 Å². The van der Waals surface area contributed by atoms with E-state index in [4.69, 9.17) is 10.5 Å². The van der Waals surface area contributed by atoms with Crippen LogP contribution in [0.2, 0.25) is 0 Å². The molecule has 23 heavy (non-hydrogen) atoms. The molecule has 0 saturated carbocycles. The summed E-state index contributed by atoms with van der Waals surface area (Å²) in [5.74, 6) is -0.574. The number of nitrogens with one attached hydrogen (secondary N) is 1. The van der Waals surface area contributed by atoms with Crippen molar-refractivity contribution >= 4 is 5.91 Å². The molecule has 0 aliphatic heterocycles. The van der Waals surface area contributed by atoms with Crippen molar-refractivity contribution in [3.8, 4) is 17.0 Å². The molecule has 3 N–H and O–H groups in total. The lowest BCUT2D eigenvalue weighted by atomic mass is 10.1. The number of carbonyl (C=O) groups is 1. The summed E-state index contributed by atoms with van der Waals surface area (Å²) in [6.45, 7) is 0.251. The molecule has 1 amide bonds. The molecule has 3 rings (SSSR count). The van der Waals surface area contributed by atoms with E-state index in [1.54, 1.807) is 24.3 Å². The van der Waals surface area contributed by atoms with Gasteiger partial charge in [0.25, 0.3) is 5.91 Å². The van der Waals surface area contributed by atoms with E-state index in [9.17, 15) is 9.18 Å². The summed E-state index contributed by atoms with van der Waals surface area (Å²) in [5.41, 5.74) is 7.24. The zero-order valence-corrected chi connectivity index (χ0v) is 12.0. The summed E-state index contributed by atoms with van der Waals surface area (Å²) >= 11 is 0. The van der Waals surface area contributed by atoms with Gasteiger partial charge in [0, 0.05) is 11.6 Å². The predicted octanol–water partition coefficient (Wildman–Crippen LogP) is 2.29. The molecule has 3 aromatic rings. The molecular formula is C16H13FN4O2. The number of aromatic nitrogens is 3. The van der Waals surface area contributed by atoms with Crippen LogP contribution in [-0.2, 0) is 6.61 Å². The molecule has 116 valence electrons. The molecule has 2 aromatic carbocycles. The van der Waals surface area contributed by atoms with Crippen LogP contribution in [-0.4, -0.2) is 21.3 Å². The van der Waals surface area contributed by atoms with Crippen LogP contribution in [0, 0.1) is 5.82 Å². The standard InChI is InChI=1S/C16H13FN4O2/c17-12-5-2-6-13(8-12)23-9-10-3-1-4-11(7-10)14-15(16(18)22)20-21-19-14/h1-8H,9H2,(H2,18,22)(H,19,20,21). The van der Waals surface area contributed by atoms with Crippen molar-refractivity contribution in [3.63, 3.8) is 0 Å². The topological polar surface area (TPSA) is 93.9 Å². The highest BCUT2D eigenvalue weighted by Gasteiger charge is 2.15. The van der Waals surface area contributed by atoms with E-state index in [1.807, 2.05) is 12.1 Å². The third-order valence-corrected chi connectivity index (χ3v) is 3.18. The van der Waals surface area contributed by atoms with Crippen molar-refractivity contribution in [1.29, 1.82) is 0 Å². The maximum Gasteiger partial charge on any atom is 0.271 e. The highest BCUT2D eigenvalue weighted by molar-refractivity contribution is 5.96. The van der Waals surface area contributed by atoms with Gasteiger partial charge in [-0.3, -0.25) is 4.79 Å². The molecule has 1 heterocycles. The van der Waals surface area contributed by atoms with Crippen LogP contribution in [0.25, 0.3) is 11.3 Å². The third kappa shape index (κ3) is 3.34. The molecule has 6 nitrogen and oxygen atoms in total. The number of carbonyl (C=O) groups excluding carboxylic acids is 1. The van der Waals surface area contributed by atoms with E-state index < -0.39 is 5.91 Å². The fraction of sp³-hybridized carbons (Fsp3) is 0.0625. The second-order valence-corrected chi connectivity index (χ2v) is 4.83. The van der Waals surface area contributed by atoms with Gasteiger partial charge in [-0.25, -0.2) is 4.39 Å². The van der Waals surface area contributed by atoms with Crippen LogP contribution in [0.5, 0.6) is 5.75 Å². The second kappa shape index (κ2) is 6.27. The van der Waals surface area contributed by atoms with E-state index in [0.717, 1.165) is 5.56 Å². The van der Waals surface area contributed by atoms with E-state index >= 15 is 0 Å². The van der Waals surface area contributed by atoms with E-state index in [2.05, 4.69) is 15.4 Å². The molecule has 7 heteroatoms. The van der Waals surface area contributed by atoms with Crippen molar-refractivity contribution in [2.45, 2.75) is 6.61 Å². The van der Waals surface area contributed by atoms with Gasteiger partial charge >= 0.3 is 0 Å². The van der Waals surface area contributed by atoms with Crippen LogP contribution < -0.4 is 10.5 Å². The first-order valence-electron chi connectivity index (χ1n) is 6.82. The Balaban J connectivity index is 1.80. The lowest BCUT2D eigenvalue weighted by Crippen LogP contribution is -2.12. The Kier molecular flexibility index (Phi) is 4.01. The van der Waals surface area contributed by atoms with Crippen molar-refractivity contribution in [2.75, 3.05) is 0 Å². The highest BCUT2D eigenvalue weighted by atomic mass is 19.1. The zero-order valence-electron chi connectivity index (χ0n) is 12.0. The Hall–Kier alpha value is -3.22. The molecule has 1 aromatic heterocycles. The zero-order chi connectivity index (χ0) is 16.2. The van der Waals surface area contributed by atoms with Gasteiger partial charge in [-0.2, -0.15) is 15.4 Å². The SMILES string of the molecule is NC(=O)c1n[nH]nc1-c1cccc(COc2cccc(F)c2)c1. The number of nitrogens with two attached hydrogens (primary N) is 1. The van der Waals surface area contributed by atoms with Gasteiger partial charge in [0.1, 0.15) is 23.9 Å². The maximum absolute atomic E-state index is 13.1. The lowest BCUT2D eigenvalue weighted by Gasteiger charge is -2.07. The molecule has 0 bridgehead atoms. The maximum atomic E-state index is 13.1. The predicted molar refractivity (Wildman–Crippen MR) is 81.1 cm³/mol. The summed E-state index contributed by atoms with van der Waals surface area (Å²) in [6.07, 6.45) is 0. The minimum absolute atomic E-state index is 0.0770. The first-order chi connectivity index (χ1) is 11.1. The number of ether oxygens (including phenoxy) is 1. The van der Waals surface area contributed by atoms with Crippen molar-refractivity contribution in [2.24, 2.45) is 5.73 Å². The monoisotopic (exact) mass is 312 g/mol. The first kappa shape index (κ1) is 14.7. The Labute approximate surface area is 131 Å². The van der Waals surface area contributed by atoms with Gasteiger partial charge in [0.05, 0.1) is 0 Å². The van der Waals surface area contributed by atoms with Gasteiger partial charge in [-0.1, -0.05) is 24.3 Å². The van der Waals surface area contributed by atoms with E-state index in [1.165, 1.54) is 12.1 Å². The highest BCUT2D eigenvalue weighted by Crippen LogP contribution is 2.21. The second-order valence-electron chi connectivity index (χ2n) is 4.83. The van der Waals surface area contributed by atoms with Crippen molar-refractivity contribution in [1.82, 2.24) is 15.4 Å². The average Bonchev–Trinajstić information content (AvgIpc) is 3.03. The first-order valence-corrected chi connectivity index (χ1v) is 6.82. The van der Waals surface area contributed by atoms with Gasteiger partial charge < -0.3 is 10.5 Å². The number of halogens is 1. The molecule has 0 aliphatic rings. The number of H-pyrrole nitrogens is 1. The number of hydrogen-bond donors (Lipinski definition) is 2. The number of hydrogen-bond acceptors (Lipinski definition) is 4. The van der Waals surface area contributed by atoms with Crippen molar-refractivity contribution < 1.29 is 13.9 Å². The Morgan fingerprint density at radius 1 is 1.17 bits per heavy atom. The number of benzene rings is 2. The number of rotatable bonds is 5. The molecule has 0 unspecified atom stereocenters. The minimum Gasteiger partial charge on any atom is -0.489 e. The number of amides is 1. The quantitative estimate of drug-likeness (QED) is 0.756. The minimum atomic E-state index is -0.657. The Morgan fingerprint density at radius 2 is 2.00 bits per heavy atom. The summed E-state index contributed by atoms with van der Waals surface area (Å²) in [4.78, 5) is 11.3. The number of aromatic amines is 1. The molecular weight excluding hydrogens is 299 g/mol. The van der Waals surface area contributed by atoms with Crippen LogP contribution >= 0.6 is 0 Å². The lowest BCUT2D eigenvalue weighted by molar-refractivity contribution is 0.0996. The van der Waals surface area contributed by atoms with Gasteiger partial charge in [0.15, 0.2) is 5.69 Å². The smallest absolute Gasteiger partial charge is 0.271 e. The average molecular weight is 312 g/mol. The number of primary amides is 1. The number of nitrogens with zero attached hydrogens (tertiary/aromatic N) is 2. The molecule has 0 fully saturated rings. The van der Waals surface area contributed by atoms with E-state index in [0.29, 0.717) is 17.0 Å². The van der Waals surface area contributed by atoms with Gasteiger partial charge in [0.2, 0.25) is 0 Å². The normalized spacial score (nSPS) is 10.5. The Morgan fingerprint density at radius 3 is 2.78 bits per heavy atom. The molecule has 0 atom stereocenters. The largest absolute Gasteiger partial charge is 0.489 e. The fourth-order valence-corrected chi connectivity index (χ4v) is 2.14. The van der Waals surface area contributed by atoms with Crippen LogP contribution in [0.15, 0.2) is 48.5 Å². The molecule has 0 aliphatic carbocycles. The van der Waals surface area contributed by atoms with Gasteiger partial charge in [-0.05, 0) is 23.8 Å². The van der Waals surface area contributed by atoms with Crippen LogP contribution in [0.4, 0.5) is 4.39 Å². The van der Waals surface area contributed by atoms with Crippen LogP contribution in [0.1, 0.15) is 16.1 Å². The molecule has 0 spiro atoms. The molecule has 0 saturated heterocycles. The summed E-state index contributed by atoms with van der Waals surface area (Å²) in [7, 11) is 0.